The first-order valence-corrected chi connectivity index (χ1v) is 7.02. The zero-order valence-electron chi connectivity index (χ0n) is 12.4. The number of nitrogens with two attached hydrogens (primary N) is 2. The van der Waals surface area contributed by atoms with E-state index >= 15 is 0 Å². The highest BCUT2D eigenvalue weighted by Crippen LogP contribution is 2.04. The number of hydrogen-bond donors (Lipinski definition) is 4. The summed E-state index contributed by atoms with van der Waals surface area (Å²) < 4.78 is 0. The van der Waals surface area contributed by atoms with Crippen LogP contribution in [0.5, 0.6) is 0 Å². The molecule has 0 fully saturated rings. The molecule has 0 aromatic heterocycles. The quantitative estimate of drug-likeness (QED) is 0.543. The van der Waals surface area contributed by atoms with Crippen LogP contribution in [-0.2, 0) is 11.2 Å². The normalized spacial score (nSPS) is 11.1. The molecule has 1 atom stereocenters. The van der Waals surface area contributed by atoms with Gasteiger partial charge in [0.2, 0.25) is 0 Å². The monoisotopic (exact) mass is 295 g/mol. The van der Waals surface area contributed by atoms with Gasteiger partial charge in [-0.3, -0.25) is 4.79 Å². The largest absolute Gasteiger partial charge is 0.480 e. The van der Waals surface area contributed by atoms with Gasteiger partial charge in [-0.25, -0.2) is 4.79 Å². The molecule has 1 unspecified atom stereocenters. The third-order valence-electron chi connectivity index (χ3n) is 2.75. The molecule has 0 aliphatic heterocycles. The summed E-state index contributed by atoms with van der Waals surface area (Å²) in [5.74, 6) is -0.773. The van der Waals surface area contributed by atoms with E-state index in [9.17, 15) is 4.79 Å². The molecule has 0 aliphatic rings. The van der Waals surface area contributed by atoms with Crippen LogP contribution in [0, 0.1) is 0 Å². The van der Waals surface area contributed by atoms with Gasteiger partial charge < -0.3 is 21.9 Å². The number of amides is 2. The molecule has 0 heterocycles. The van der Waals surface area contributed by atoms with E-state index in [1.807, 2.05) is 30.3 Å². The summed E-state index contributed by atoms with van der Waals surface area (Å²) in [6.45, 7) is 2.91. The molecule has 0 bridgehead atoms. The Bertz CT molecular complexity index is 406. The highest BCUT2D eigenvalue weighted by Gasteiger charge is 2.16. The van der Waals surface area contributed by atoms with Gasteiger partial charge in [0.15, 0.2) is 0 Å². The van der Waals surface area contributed by atoms with Crippen molar-refractivity contribution in [1.82, 2.24) is 5.32 Å². The van der Waals surface area contributed by atoms with Crippen molar-refractivity contribution in [2.45, 2.75) is 38.6 Å². The molecular weight excluding hydrogens is 270 g/mol. The van der Waals surface area contributed by atoms with Crippen LogP contribution in [-0.4, -0.2) is 29.7 Å². The van der Waals surface area contributed by atoms with E-state index in [0.717, 1.165) is 31.4 Å². The summed E-state index contributed by atoms with van der Waals surface area (Å²) in [5, 5.41) is 12.2. The second-order valence-corrected chi connectivity index (χ2v) is 4.64. The first-order chi connectivity index (χ1) is 9.97. The van der Waals surface area contributed by atoms with E-state index in [2.05, 4.69) is 23.7 Å². The topological polar surface area (TPSA) is 118 Å². The van der Waals surface area contributed by atoms with Crippen molar-refractivity contribution in [3.63, 3.8) is 0 Å². The number of aliphatic carboxylic acids is 1. The highest BCUT2D eigenvalue weighted by atomic mass is 16.4. The molecule has 1 aromatic carbocycles. The van der Waals surface area contributed by atoms with E-state index in [4.69, 9.17) is 9.90 Å². The average Bonchev–Trinajstić information content (AvgIpc) is 2.42. The Labute approximate surface area is 125 Å². The van der Waals surface area contributed by atoms with Crippen LogP contribution in [0.3, 0.4) is 0 Å². The maximum Gasteiger partial charge on any atom is 0.321 e. The number of carbonyl (C=O) groups is 2. The van der Waals surface area contributed by atoms with Gasteiger partial charge in [-0.15, -0.1) is 0 Å². The summed E-state index contributed by atoms with van der Waals surface area (Å²) >= 11 is 0. The maximum atomic E-state index is 11.1. The Hall–Kier alpha value is -2.08. The molecule has 0 saturated heterocycles. The van der Waals surface area contributed by atoms with Gasteiger partial charge in [-0.05, 0) is 24.9 Å². The molecule has 6 N–H and O–H groups in total. The van der Waals surface area contributed by atoms with Gasteiger partial charge in [0.25, 0.3) is 0 Å². The minimum atomic E-state index is -0.833. The molecular formula is C15H25N3O3. The molecule has 0 saturated carbocycles. The third kappa shape index (κ3) is 11.4. The lowest BCUT2D eigenvalue weighted by Crippen LogP contribution is -2.39. The summed E-state index contributed by atoms with van der Waals surface area (Å²) in [7, 11) is 0. The number of urea groups is 1. The number of primary amides is 2. The van der Waals surface area contributed by atoms with E-state index in [1.165, 1.54) is 0 Å². The Balaban J connectivity index is 0.000000885. The van der Waals surface area contributed by atoms with Gasteiger partial charge in [-0.1, -0.05) is 50.1 Å². The summed E-state index contributed by atoms with van der Waals surface area (Å²) in [6.07, 6.45) is 3.88. The molecule has 0 radical (unpaired) electrons. The standard InChI is InChI=1S/C14H21NO2.CH4N2O/c1-2-3-7-10-15-13(14(16)17)11-12-8-5-4-6-9-12;2-1(3)4/h4-6,8-9,13,15H,2-3,7,10-11H2,1H3,(H,16,17);(H4,2,3,4). The second kappa shape index (κ2) is 11.7. The van der Waals surface area contributed by atoms with E-state index in [1.54, 1.807) is 0 Å². The summed E-state index contributed by atoms with van der Waals surface area (Å²) in [5.41, 5.74) is 9.56. The maximum absolute atomic E-state index is 11.1. The van der Waals surface area contributed by atoms with Gasteiger partial charge in [0.1, 0.15) is 6.04 Å². The van der Waals surface area contributed by atoms with Gasteiger partial charge in [-0.2, -0.15) is 0 Å². The van der Waals surface area contributed by atoms with Gasteiger partial charge >= 0.3 is 12.0 Å². The molecule has 0 aliphatic carbocycles. The van der Waals surface area contributed by atoms with E-state index in [-0.39, 0.29) is 0 Å². The minimum absolute atomic E-state index is 0.478. The fourth-order valence-corrected chi connectivity index (χ4v) is 1.75. The first-order valence-electron chi connectivity index (χ1n) is 7.02. The predicted octanol–water partition coefficient (Wildman–Crippen LogP) is 1.49. The lowest BCUT2D eigenvalue weighted by atomic mass is 10.1. The van der Waals surface area contributed by atoms with Crippen molar-refractivity contribution in [3.8, 4) is 0 Å². The Morgan fingerprint density at radius 2 is 1.76 bits per heavy atom. The van der Waals surface area contributed by atoms with Crippen LogP contribution in [0.4, 0.5) is 4.79 Å². The first kappa shape index (κ1) is 18.9. The Kier molecular flexibility index (Phi) is 10.6. The van der Waals surface area contributed by atoms with E-state index < -0.39 is 18.0 Å². The number of unbranched alkanes of at least 4 members (excludes halogenated alkanes) is 2. The molecule has 1 aromatic rings. The van der Waals surface area contributed by atoms with Crippen molar-refractivity contribution >= 4 is 12.0 Å². The Morgan fingerprint density at radius 1 is 1.19 bits per heavy atom. The predicted molar refractivity (Wildman–Crippen MR) is 82.9 cm³/mol. The molecule has 21 heavy (non-hydrogen) atoms. The number of carbonyl (C=O) groups excluding carboxylic acids is 1. The summed E-state index contributed by atoms with van der Waals surface area (Å²) in [6, 6.07) is 8.42. The average molecular weight is 295 g/mol. The van der Waals surface area contributed by atoms with Crippen LogP contribution < -0.4 is 16.8 Å². The molecule has 118 valence electrons. The van der Waals surface area contributed by atoms with Crippen LogP contribution in [0.25, 0.3) is 0 Å². The number of rotatable bonds is 8. The molecule has 0 spiro atoms. The van der Waals surface area contributed by atoms with Crippen LogP contribution in [0.1, 0.15) is 31.7 Å². The van der Waals surface area contributed by atoms with Crippen LogP contribution in [0.15, 0.2) is 30.3 Å². The molecule has 1 rings (SSSR count). The van der Waals surface area contributed by atoms with Crippen molar-refractivity contribution < 1.29 is 14.7 Å². The smallest absolute Gasteiger partial charge is 0.321 e. The molecule has 2 amide bonds. The zero-order valence-corrected chi connectivity index (χ0v) is 12.4. The SMILES string of the molecule is CCCCCNC(Cc1ccccc1)C(=O)O.NC(N)=O. The zero-order chi connectivity index (χ0) is 16.1. The third-order valence-corrected chi connectivity index (χ3v) is 2.75. The molecule has 6 heteroatoms. The highest BCUT2D eigenvalue weighted by molar-refractivity contribution is 5.73. The van der Waals surface area contributed by atoms with Crippen LogP contribution >= 0.6 is 0 Å². The number of hydrogen-bond acceptors (Lipinski definition) is 3. The number of carboxylic acid groups (broad SMARTS) is 1. The lowest BCUT2D eigenvalue weighted by Gasteiger charge is -2.14. The fraction of sp³-hybridized carbons (Fsp3) is 0.467. The summed E-state index contributed by atoms with van der Waals surface area (Å²) in [4.78, 5) is 20.1. The fourth-order valence-electron chi connectivity index (χ4n) is 1.75. The second-order valence-electron chi connectivity index (χ2n) is 4.64. The number of carboxylic acids is 1. The van der Waals surface area contributed by atoms with Crippen molar-refractivity contribution in [1.29, 1.82) is 0 Å². The van der Waals surface area contributed by atoms with Crippen molar-refractivity contribution in [2.24, 2.45) is 11.5 Å². The van der Waals surface area contributed by atoms with Crippen LogP contribution in [0.2, 0.25) is 0 Å². The van der Waals surface area contributed by atoms with Crippen molar-refractivity contribution in [2.75, 3.05) is 6.54 Å². The van der Waals surface area contributed by atoms with Gasteiger partial charge in [0, 0.05) is 0 Å². The lowest BCUT2D eigenvalue weighted by molar-refractivity contribution is -0.139. The van der Waals surface area contributed by atoms with Gasteiger partial charge in [0.05, 0.1) is 0 Å². The Morgan fingerprint density at radius 3 is 2.24 bits per heavy atom. The van der Waals surface area contributed by atoms with E-state index in [0.29, 0.717) is 6.42 Å². The molecule has 6 nitrogen and oxygen atoms in total. The number of nitrogens with one attached hydrogen (secondary N) is 1. The number of benzene rings is 1. The minimum Gasteiger partial charge on any atom is -0.480 e. The van der Waals surface area contributed by atoms with Crippen molar-refractivity contribution in [3.05, 3.63) is 35.9 Å².